The number of furan rings is 1. The van der Waals surface area contributed by atoms with E-state index in [0.717, 1.165) is 20.5 Å². The molecule has 2 N–H and O–H groups in total. The van der Waals surface area contributed by atoms with E-state index in [1.54, 1.807) is 6.07 Å². The highest BCUT2D eigenvalue weighted by Crippen LogP contribution is 2.42. The van der Waals surface area contributed by atoms with E-state index in [4.69, 9.17) is 20.8 Å². The quantitative estimate of drug-likeness (QED) is 0.225. The van der Waals surface area contributed by atoms with Gasteiger partial charge in [0, 0.05) is 16.5 Å². The molecule has 3 aromatic rings. The van der Waals surface area contributed by atoms with Crippen molar-refractivity contribution in [2.75, 3.05) is 11.5 Å². The monoisotopic (exact) mass is 634 g/mol. The number of rotatable bonds is 10. The van der Waals surface area contributed by atoms with Crippen LogP contribution in [-0.4, -0.2) is 60.9 Å². The van der Waals surface area contributed by atoms with Gasteiger partial charge < -0.3 is 19.6 Å². The second kappa shape index (κ2) is 12.1. The first-order chi connectivity index (χ1) is 19.5. The first kappa shape index (κ1) is 29.5. The Bertz CT molecular complexity index is 1550. The van der Waals surface area contributed by atoms with Gasteiger partial charge in [0.2, 0.25) is 0 Å². The van der Waals surface area contributed by atoms with Crippen molar-refractivity contribution in [2.45, 2.75) is 56.0 Å². The number of carbonyl (C=O) groups excluding carboxylic acids is 2. The number of carboxylic acid groups (broad SMARTS) is 1. The second-order valence-electron chi connectivity index (χ2n) is 9.84. The SMILES string of the molecule is Cc1nnc(SCC2=C(C(=O)O)N3C(=O)[C@H](NC(=O)c4ccc(COc5cc(C)c(Cl)cc5C(C)C)o4)[C@H]3SC2)s1. The van der Waals surface area contributed by atoms with Crippen LogP contribution in [0, 0.1) is 13.8 Å². The number of hydrogen-bond donors (Lipinski definition) is 2. The molecule has 2 aromatic heterocycles. The Morgan fingerprint density at radius 1 is 1.29 bits per heavy atom. The molecule has 5 rings (SSSR count). The average molecular weight is 635 g/mol. The fourth-order valence-electron chi connectivity index (χ4n) is 4.47. The van der Waals surface area contributed by atoms with Crippen LogP contribution in [0.1, 0.15) is 52.2 Å². The molecule has 2 aliphatic rings. The molecule has 1 aromatic carbocycles. The summed E-state index contributed by atoms with van der Waals surface area (Å²) in [7, 11) is 0. The maximum atomic E-state index is 13.0. The van der Waals surface area contributed by atoms with Crippen LogP contribution >= 0.6 is 46.5 Å². The van der Waals surface area contributed by atoms with Crippen LogP contribution in [0.3, 0.4) is 0 Å². The number of carboxylic acids is 1. The number of thioether (sulfide) groups is 2. The fourth-order valence-corrected chi connectivity index (χ4v) is 7.94. The van der Waals surface area contributed by atoms with Gasteiger partial charge in [-0.15, -0.1) is 22.0 Å². The van der Waals surface area contributed by atoms with Gasteiger partial charge in [0.05, 0.1) is 0 Å². The summed E-state index contributed by atoms with van der Waals surface area (Å²) in [6, 6.07) is 6.08. The Morgan fingerprint density at radius 2 is 2.07 bits per heavy atom. The predicted octanol–water partition coefficient (Wildman–Crippen LogP) is 5.25. The van der Waals surface area contributed by atoms with E-state index < -0.39 is 29.2 Å². The van der Waals surface area contributed by atoms with Crippen molar-refractivity contribution in [1.29, 1.82) is 0 Å². The minimum atomic E-state index is -1.18. The highest BCUT2D eigenvalue weighted by Gasteiger charge is 2.54. The van der Waals surface area contributed by atoms with Crippen LogP contribution in [0.25, 0.3) is 0 Å². The van der Waals surface area contributed by atoms with E-state index in [1.165, 1.54) is 45.8 Å². The number of aryl methyl sites for hydroxylation is 2. The van der Waals surface area contributed by atoms with Gasteiger partial charge in [-0.2, -0.15) is 0 Å². The van der Waals surface area contributed by atoms with Crippen LogP contribution in [0.2, 0.25) is 5.02 Å². The fraction of sp³-hybridized carbons (Fsp3) is 0.370. The van der Waals surface area contributed by atoms with Gasteiger partial charge in [0.1, 0.15) is 40.2 Å². The zero-order valence-electron chi connectivity index (χ0n) is 22.6. The van der Waals surface area contributed by atoms with E-state index in [0.29, 0.717) is 33.6 Å². The smallest absolute Gasteiger partial charge is 0.352 e. The molecular weight excluding hydrogens is 608 g/mol. The van der Waals surface area contributed by atoms with Crippen molar-refractivity contribution in [3.05, 3.63) is 68.2 Å². The van der Waals surface area contributed by atoms with Crippen LogP contribution in [0.5, 0.6) is 5.75 Å². The number of ether oxygens (including phenoxy) is 1. The minimum absolute atomic E-state index is 0.0328. The molecule has 1 saturated heterocycles. The molecule has 1 fully saturated rings. The predicted molar refractivity (Wildman–Crippen MR) is 158 cm³/mol. The summed E-state index contributed by atoms with van der Waals surface area (Å²) >= 11 is 10.5. The van der Waals surface area contributed by atoms with E-state index in [1.807, 2.05) is 39.8 Å². The third kappa shape index (κ3) is 6.13. The third-order valence-electron chi connectivity index (χ3n) is 6.58. The van der Waals surface area contributed by atoms with Crippen LogP contribution < -0.4 is 10.1 Å². The zero-order valence-corrected chi connectivity index (χ0v) is 25.8. The summed E-state index contributed by atoms with van der Waals surface area (Å²) < 4.78 is 12.4. The Morgan fingerprint density at radius 3 is 2.76 bits per heavy atom. The van der Waals surface area contributed by atoms with Crippen LogP contribution in [0.4, 0.5) is 0 Å². The first-order valence-corrected chi connectivity index (χ1v) is 15.9. The van der Waals surface area contributed by atoms with Gasteiger partial charge in [-0.05, 0) is 60.7 Å². The summed E-state index contributed by atoms with van der Waals surface area (Å²) in [5, 5.41) is 21.6. The molecule has 41 heavy (non-hydrogen) atoms. The number of halogens is 1. The number of β-lactam (4-membered cyclic amide) rings is 1. The summed E-state index contributed by atoms with van der Waals surface area (Å²) in [5.41, 5.74) is 2.45. The van der Waals surface area contributed by atoms with Crippen LogP contribution in [-0.2, 0) is 16.2 Å². The Labute approximate surface area is 253 Å². The van der Waals surface area contributed by atoms with Gasteiger partial charge in [-0.3, -0.25) is 14.5 Å². The van der Waals surface area contributed by atoms with Crippen molar-refractivity contribution in [1.82, 2.24) is 20.4 Å². The molecule has 2 aliphatic heterocycles. The molecule has 14 heteroatoms. The summed E-state index contributed by atoms with van der Waals surface area (Å²) in [4.78, 5) is 39.3. The molecule has 10 nitrogen and oxygen atoms in total. The number of fused-ring (bicyclic) bond motifs is 1. The van der Waals surface area contributed by atoms with Crippen LogP contribution in [0.15, 0.2) is 44.3 Å². The number of aliphatic carboxylic acids is 1. The Kier molecular flexibility index (Phi) is 8.69. The van der Waals surface area contributed by atoms with Crippen molar-refractivity contribution in [2.24, 2.45) is 0 Å². The highest BCUT2D eigenvalue weighted by molar-refractivity contribution is 8.01. The lowest BCUT2D eigenvalue weighted by atomic mass is 10.0. The van der Waals surface area contributed by atoms with Crippen molar-refractivity contribution < 1.29 is 28.6 Å². The maximum Gasteiger partial charge on any atom is 0.352 e. The standard InChI is InChI=1S/C27H27ClN4O6S3/c1-12(2)17-8-18(28)13(3)7-20(17)37-9-16-5-6-19(38-16)23(33)29-21-24(34)32-22(26(35)36)15(10-39-25(21)32)11-40-27-31-30-14(4)41-27/h5-8,12,21,25H,9-11H2,1-4H3,(H,29,33)(H,35,36)/t21-,25+/m0/s1. The summed E-state index contributed by atoms with van der Waals surface area (Å²) in [6.45, 7) is 7.95. The van der Waals surface area contributed by atoms with Crippen molar-refractivity contribution in [3.8, 4) is 5.75 Å². The number of nitrogens with zero attached hydrogens (tertiary/aromatic N) is 3. The molecular formula is C27H27ClN4O6S3. The van der Waals surface area contributed by atoms with Gasteiger partial charge in [0.15, 0.2) is 10.1 Å². The molecule has 4 heterocycles. The number of benzene rings is 1. The van der Waals surface area contributed by atoms with E-state index in [-0.39, 0.29) is 24.0 Å². The molecule has 216 valence electrons. The van der Waals surface area contributed by atoms with E-state index in [9.17, 15) is 19.5 Å². The minimum Gasteiger partial charge on any atom is -0.485 e. The number of amides is 2. The summed E-state index contributed by atoms with van der Waals surface area (Å²) in [5.74, 6) is -0.0580. The summed E-state index contributed by atoms with van der Waals surface area (Å²) in [6.07, 6.45) is 0. The molecule has 0 radical (unpaired) electrons. The molecule has 0 aliphatic carbocycles. The Balaban J connectivity index is 1.21. The molecule has 0 saturated carbocycles. The number of nitrogens with one attached hydrogen (secondary N) is 1. The number of aromatic nitrogens is 2. The maximum absolute atomic E-state index is 13.0. The second-order valence-corrected chi connectivity index (χ2v) is 13.8. The largest absolute Gasteiger partial charge is 0.485 e. The average Bonchev–Trinajstić information content (AvgIpc) is 3.58. The molecule has 0 spiro atoms. The van der Waals surface area contributed by atoms with Crippen molar-refractivity contribution in [3.63, 3.8) is 0 Å². The van der Waals surface area contributed by atoms with Crippen molar-refractivity contribution >= 4 is 64.2 Å². The zero-order chi connectivity index (χ0) is 29.4. The topological polar surface area (TPSA) is 135 Å². The van der Waals surface area contributed by atoms with Gasteiger partial charge in [0.25, 0.3) is 11.8 Å². The lowest BCUT2D eigenvalue weighted by molar-refractivity contribution is -0.148. The highest BCUT2D eigenvalue weighted by atomic mass is 35.5. The molecule has 0 bridgehead atoms. The lowest BCUT2D eigenvalue weighted by Gasteiger charge is -2.49. The van der Waals surface area contributed by atoms with Gasteiger partial charge in [-0.25, -0.2) is 4.79 Å². The Hall–Kier alpha value is -3.00. The first-order valence-electron chi connectivity index (χ1n) is 12.7. The molecule has 0 unspecified atom stereocenters. The van der Waals surface area contributed by atoms with E-state index >= 15 is 0 Å². The lowest BCUT2D eigenvalue weighted by Crippen LogP contribution is -2.70. The normalized spacial score (nSPS) is 18.4. The molecule has 2 atom stereocenters. The van der Waals surface area contributed by atoms with E-state index in [2.05, 4.69) is 15.5 Å². The third-order valence-corrected chi connectivity index (χ3v) is 10.4. The van der Waals surface area contributed by atoms with Gasteiger partial charge >= 0.3 is 5.97 Å². The molecule has 2 amide bonds. The number of carbonyl (C=O) groups is 3. The number of hydrogen-bond acceptors (Lipinski definition) is 10. The van der Waals surface area contributed by atoms with Gasteiger partial charge in [-0.1, -0.05) is 48.5 Å².